The van der Waals surface area contributed by atoms with Crippen molar-refractivity contribution in [3.05, 3.63) is 35.9 Å². The molecule has 3 rings (SSSR count). The fraction of sp³-hybridized carbons (Fsp3) is 0.667. The molecule has 9 heteroatoms. The highest BCUT2D eigenvalue weighted by molar-refractivity contribution is 7.91. The molecular weight excluding hydrogens is 440 g/mol. The Morgan fingerprint density at radius 2 is 1.67 bits per heavy atom. The van der Waals surface area contributed by atoms with Gasteiger partial charge in [0.2, 0.25) is 5.91 Å². The highest BCUT2D eigenvalue weighted by Crippen LogP contribution is 2.36. The summed E-state index contributed by atoms with van der Waals surface area (Å²) in [5.41, 5.74) is 1.06. The Morgan fingerprint density at radius 3 is 2.27 bits per heavy atom. The van der Waals surface area contributed by atoms with E-state index < -0.39 is 9.84 Å². The van der Waals surface area contributed by atoms with Gasteiger partial charge in [-0.25, -0.2) is 13.2 Å². The number of hydrogen-bond acceptors (Lipinski definition) is 5. The third-order valence-electron chi connectivity index (χ3n) is 7.04. The Hall–Kier alpha value is -2.13. The van der Waals surface area contributed by atoms with Crippen LogP contribution in [0.1, 0.15) is 38.2 Å². The number of rotatable bonds is 6. The molecule has 0 saturated carbocycles. The third-order valence-corrected chi connectivity index (χ3v) is 8.65. The van der Waals surface area contributed by atoms with Crippen molar-refractivity contribution in [2.75, 3.05) is 64.9 Å². The standard InChI is InChI=1S/C24H38N4O4S/c1-4-13-27-15-12-24(25(2)3,21-9-6-5-7-10-21)11-8-14-28(23(27)30)20-22(29)26-16-18-33(31,32)19-17-26/h5-7,9-10H,4,8,11-20H2,1-3H3/t24-/m0/s1. The molecule has 0 radical (unpaired) electrons. The molecule has 0 aliphatic carbocycles. The summed E-state index contributed by atoms with van der Waals surface area (Å²) >= 11 is 0. The molecule has 0 unspecified atom stereocenters. The van der Waals surface area contributed by atoms with Crippen molar-refractivity contribution >= 4 is 21.8 Å². The van der Waals surface area contributed by atoms with Crippen molar-refractivity contribution in [2.24, 2.45) is 0 Å². The van der Waals surface area contributed by atoms with Crippen LogP contribution in [0, 0.1) is 0 Å². The van der Waals surface area contributed by atoms with Crippen molar-refractivity contribution in [2.45, 2.75) is 38.1 Å². The summed E-state index contributed by atoms with van der Waals surface area (Å²) in [6.07, 6.45) is 3.32. The Kier molecular flexibility index (Phi) is 8.39. The van der Waals surface area contributed by atoms with Gasteiger partial charge in [0.05, 0.1) is 11.5 Å². The average molecular weight is 479 g/mol. The number of hydrogen-bond donors (Lipinski definition) is 0. The molecule has 2 fully saturated rings. The van der Waals surface area contributed by atoms with Gasteiger partial charge in [0.1, 0.15) is 6.54 Å². The van der Waals surface area contributed by atoms with Crippen LogP contribution in [0.3, 0.4) is 0 Å². The molecule has 1 atom stereocenters. The van der Waals surface area contributed by atoms with Gasteiger partial charge in [-0.2, -0.15) is 0 Å². The Labute approximate surface area is 198 Å². The van der Waals surface area contributed by atoms with Gasteiger partial charge in [0.15, 0.2) is 9.84 Å². The summed E-state index contributed by atoms with van der Waals surface area (Å²) in [5.74, 6) is -0.176. The molecule has 0 spiro atoms. The molecular formula is C24H38N4O4S. The fourth-order valence-electron chi connectivity index (χ4n) is 4.99. The van der Waals surface area contributed by atoms with Crippen molar-refractivity contribution in [1.29, 1.82) is 0 Å². The van der Waals surface area contributed by atoms with Crippen LogP contribution < -0.4 is 0 Å². The lowest BCUT2D eigenvalue weighted by molar-refractivity contribution is -0.131. The minimum atomic E-state index is -3.06. The predicted octanol–water partition coefficient (Wildman–Crippen LogP) is 2.02. The fourth-order valence-corrected chi connectivity index (χ4v) is 6.19. The molecule has 33 heavy (non-hydrogen) atoms. The molecule has 0 bridgehead atoms. The van der Waals surface area contributed by atoms with Gasteiger partial charge >= 0.3 is 6.03 Å². The van der Waals surface area contributed by atoms with E-state index in [2.05, 4.69) is 50.2 Å². The summed E-state index contributed by atoms with van der Waals surface area (Å²) in [5, 5.41) is 0. The number of amides is 3. The van der Waals surface area contributed by atoms with E-state index in [9.17, 15) is 18.0 Å². The maximum Gasteiger partial charge on any atom is 0.320 e. The first kappa shape index (κ1) is 25.5. The first-order valence-corrected chi connectivity index (χ1v) is 13.8. The van der Waals surface area contributed by atoms with Crippen molar-refractivity contribution in [3.8, 4) is 0 Å². The van der Waals surface area contributed by atoms with Crippen LogP contribution in [-0.2, 0) is 20.2 Å². The van der Waals surface area contributed by atoms with Crippen LogP contribution in [0.2, 0.25) is 0 Å². The molecule has 0 N–H and O–H groups in total. The topological polar surface area (TPSA) is 81.2 Å². The van der Waals surface area contributed by atoms with Crippen LogP contribution >= 0.6 is 0 Å². The molecule has 2 aliphatic rings. The lowest BCUT2D eigenvalue weighted by Crippen LogP contribution is -2.51. The van der Waals surface area contributed by atoms with Crippen molar-refractivity contribution < 1.29 is 18.0 Å². The van der Waals surface area contributed by atoms with Crippen LogP contribution in [0.4, 0.5) is 4.79 Å². The number of carbonyl (C=O) groups is 2. The average Bonchev–Trinajstić information content (AvgIpc) is 2.85. The maximum absolute atomic E-state index is 13.5. The number of sulfone groups is 1. The van der Waals surface area contributed by atoms with Gasteiger partial charge in [0, 0.05) is 38.3 Å². The molecule has 2 saturated heterocycles. The first-order valence-electron chi connectivity index (χ1n) is 11.9. The lowest BCUT2D eigenvalue weighted by Gasteiger charge is -2.41. The zero-order valence-corrected chi connectivity index (χ0v) is 21.0. The molecule has 8 nitrogen and oxygen atoms in total. The molecule has 1 aromatic carbocycles. The van der Waals surface area contributed by atoms with E-state index in [0.717, 1.165) is 25.7 Å². The van der Waals surface area contributed by atoms with Crippen LogP contribution in [-0.4, -0.2) is 105 Å². The summed E-state index contributed by atoms with van der Waals surface area (Å²) in [6, 6.07) is 10.4. The zero-order valence-electron chi connectivity index (χ0n) is 20.2. The largest absolute Gasteiger partial charge is 0.339 e. The van der Waals surface area contributed by atoms with Gasteiger partial charge < -0.3 is 14.7 Å². The number of benzene rings is 1. The molecule has 184 valence electrons. The highest BCUT2D eigenvalue weighted by Gasteiger charge is 2.37. The number of carbonyl (C=O) groups excluding carboxylic acids is 2. The van der Waals surface area contributed by atoms with Gasteiger partial charge in [0.25, 0.3) is 0 Å². The normalized spacial score (nSPS) is 24.4. The minimum absolute atomic E-state index is 0.000599. The van der Waals surface area contributed by atoms with Crippen LogP contribution in [0.25, 0.3) is 0 Å². The molecule has 0 aromatic heterocycles. The quantitative estimate of drug-likeness (QED) is 0.625. The van der Waals surface area contributed by atoms with Gasteiger partial charge in [-0.15, -0.1) is 0 Å². The lowest BCUT2D eigenvalue weighted by atomic mass is 9.81. The summed E-state index contributed by atoms with van der Waals surface area (Å²) in [6.45, 7) is 4.23. The first-order chi connectivity index (χ1) is 15.7. The van der Waals surface area contributed by atoms with E-state index >= 15 is 0 Å². The summed E-state index contributed by atoms with van der Waals surface area (Å²) in [7, 11) is 1.14. The SMILES string of the molecule is CCCN1CC[C@@](c2ccccc2)(N(C)C)CCCN(CC(=O)N2CCS(=O)(=O)CC2)C1=O. The summed E-state index contributed by atoms with van der Waals surface area (Å²) < 4.78 is 23.4. The second kappa shape index (κ2) is 10.9. The van der Waals surface area contributed by atoms with Crippen LogP contribution in [0.15, 0.2) is 30.3 Å². The van der Waals surface area contributed by atoms with Crippen molar-refractivity contribution in [1.82, 2.24) is 19.6 Å². The monoisotopic (exact) mass is 478 g/mol. The molecule has 2 heterocycles. The Bertz CT molecular complexity index is 908. The Morgan fingerprint density at radius 1 is 1.00 bits per heavy atom. The van der Waals surface area contributed by atoms with E-state index in [4.69, 9.17) is 0 Å². The molecule has 1 aromatic rings. The van der Waals surface area contributed by atoms with Gasteiger partial charge in [-0.3, -0.25) is 9.69 Å². The second-order valence-electron chi connectivity index (χ2n) is 9.37. The molecule has 3 amide bonds. The Balaban J connectivity index is 1.79. The second-order valence-corrected chi connectivity index (χ2v) is 11.7. The predicted molar refractivity (Wildman–Crippen MR) is 130 cm³/mol. The van der Waals surface area contributed by atoms with E-state index in [1.165, 1.54) is 5.56 Å². The van der Waals surface area contributed by atoms with E-state index in [1.807, 2.05) is 11.0 Å². The zero-order chi connectivity index (χ0) is 24.1. The summed E-state index contributed by atoms with van der Waals surface area (Å²) in [4.78, 5) is 33.8. The smallest absolute Gasteiger partial charge is 0.320 e. The maximum atomic E-state index is 13.5. The van der Waals surface area contributed by atoms with E-state index in [-0.39, 0.29) is 48.6 Å². The van der Waals surface area contributed by atoms with E-state index in [1.54, 1.807) is 9.80 Å². The number of nitrogens with zero attached hydrogens (tertiary/aromatic N) is 4. The van der Waals surface area contributed by atoms with E-state index in [0.29, 0.717) is 19.6 Å². The van der Waals surface area contributed by atoms with Crippen LogP contribution in [0.5, 0.6) is 0 Å². The van der Waals surface area contributed by atoms with Gasteiger partial charge in [-0.05, 0) is 45.3 Å². The third kappa shape index (κ3) is 6.06. The van der Waals surface area contributed by atoms with Crippen molar-refractivity contribution in [3.63, 3.8) is 0 Å². The molecule has 2 aliphatic heterocycles. The number of urea groups is 1. The highest BCUT2D eigenvalue weighted by atomic mass is 32.2. The van der Waals surface area contributed by atoms with Gasteiger partial charge in [-0.1, -0.05) is 37.3 Å². The minimum Gasteiger partial charge on any atom is -0.339 e.